The number of aromatic nitrogens is 2. The predicted octanol–water partition coefficient (Wildman–Crippen LogP) is 0.894. The lowest BCUT2D eigenvalue weighted by Gasteiger charge is -2.16. The van der Waals surface area contributed by atoms with Crippen LogP contribution in [0.25, 0.3) is 11.0 Å². The van der Waals surface area contributed by atoms with Crippen molar-refractivity contribution in [3.63, 3.8) is 0 Å². The first-order valence-corrected chi connectivity index (χ1v) is 7.15. The highest BCUT2D eigenvalue weighted by Crippen LogP contribution is 2.34. The summed E-state index contributed by atoms with van der Waals surface area (Å²) in [6, 6.07) is 2.89. The number of fused-ring (bicyclic) bond motifs is 1. The molecule has 0 amide bonds. The number of aromatic amines is 1. The molecule has 2 aromatic heterocycles. The first kappa shape index (κ1) is 15.4. The zero-order valence-electron chi connectivity index (χ0n) is 11.7. The predicted molar refractivity (Wildman–Crippen MR) is 78.3 cm³/mol. The Morgan fingerprint density at radius 2 is 2.09 bits per heavy atom. The van der Waals surface area contributed by atoms with Gasteiger partial charge in [0.2, 0.25) is 0 Å². The number of aliphatic hydroxyl groups excluding tert-OH is 3. The van der Waals surface area contributed by atoms with Crippen LogP contribution in [0.3, 0.4) is 0 Å². The van der Waals surface area contributed by atoms with Gasteiger partial charge in [0.15, 0.2) is 0 Å². The number of ether oxygens (including phenoxy) is 1. The summed E-state index contributed by atoms with van der Waals surface area (Å²) < 4.78 is 19.4. The van der Waals surface area contributed by atoms with Crippen LogP contribution in [0.5, 0.6) is 0 Å². The van der Waals surface area contributed by atoms with Crippen LogP contribution in [-0.4, -0.2) is 50.2 Å². The van der Waals surface area contributed by atoms with E-state index in [1.165, 1.54) is 6.07 Å². The maximum Gasteiger partial charge on any atom is 0.145 e. The highest BCUT2D eigenvalue weighted by molar-refractivity contribution is 7.71. The van der Waals surface area contributed by atoms with Gasteiger partial charge in [-0.25, -0.2) is 9.37 Å². The zero-order valence-corrected chi connectivity index (χ0v) is 12.5. The molecule has 118 valence electrons. The molecule has 0 aliphatic carbocycles. The van der Waals surface area contributed by atoms with Gasteiger partial charge in [0.1, 0.15) is 40.5 Å². The van der Waals surface area contributed by atoms with E-state index in [0.29, 0.717) is 16.6 Å². The quantitative estimate of drug-likeness (QED) is 0.612. The van der Waals surface area contributed by atoms with Gasteiger partial charge < -0.3 is 25.0 Å². The van der Waals surface area contributed by atoms with Crippen molar-refractivity contribution < 1.29 is 24.4 Å². The summed E-state index contributed by atoms with van der Waals surface area (Å²) in [7, 11) is 0. The third kappa shape index (κ3) is 2.42. The number of pyridine rings is 2. The third-order valence-electron chi connectivity index (χ3n) is 3.83. The summed E-state index contributed by atoms with van der Waals surface area (Å²) in [6.07, 6.45) is -4.23. The van der Waals surface area contributed by atoms with E-state index in [1.54, 1.807) is 13.0 Å². The average Bonchev–Trinajstić information content (AvgIpc) is 2.76. The fourth-order valence-electron chi connectivity index (χ4n) is 2.59. The molecule has 22 heavy (non-hydrogen) atoms. The first-order valence-electron chi connectivity index (χ1n) is 6.75. The van der Waals surface area contributed by atoms with Crippen molar-refractivity contribution in [1.29, 1.82) is 0 Å². The van der Waals surface area contributed by atoms with Crippen LogP contribution >= 0.6 is 12.2 Å². The molecule has 0 bridgehead atoms. The van der Waals surface area contributed by atoms with E-state index in [2.05, 4.69) is 9.97 Å². The van der Waals surface area contributed by atoms with Crippen LogP contribution in [0.4, 0.5) is 4.39 Å². The molecule has 0 saturated carbocycles. The van der Waals surface area contributed by atoms with Crippen LogP contribution in [0.2, 0.25) is 0 Å². The Morgan fingerprint density at radius 3 is 2.73 bits per heavy atom. The normalized spacial score (nSPS) is 28.4. The van der Waals surface area contributed by atoms with Crippen molar-refractivity contribution in [3.8, 4) is 0 Å². The lowest BCUT2D eigenvalue weighted by molar-refractivity contribution is -0.0229. The van der Waals surface area contributed by atoms with Crippen molar-refractivity contribution in [2.45, 2.75) is 31.3 Å². The van der Waals surface area contributed by atoms with Gasteiger partial charge >= 0.3 is 0 Å². The number of rotatable bonds is 2. The smallest absolute Gasteiger partial charge is 0.145 e. The van der Waals surface area contributed by atoms with E-state index in [-0.39, 0.29) is 10.3 Å². The van der Waals surface area contributed by atoms with Gasteiger partial charge in [-0.1, -0.05) is 12.2 Å². The number of hydrogen-bond acceptors (Lipinski definition) is 6. The molecule has 3 rings (SSSR count). The minimum atomic E-state index is -1.23. The fraction of sp³-hybridized carbons (Fsp3) is 0.429. The zero-order chi connectivity index (χ0) is 16.0. The second kappa shape index (κ2) is 5.64. The number of H-pyrrole nitrogens is 1. The summed E-state index contributed by atoms with van der Waals surface area (Å²) in [4.78, 5) is 6.95. The molecule has 3 heterocycles. The molecule has 0 aromatic carbocycles. The van der Waals surface area contributed by atoms with Gasteiger partial charge in [-0.3, -0.25) is 0 Å². The van der Waals surface area contributed by atoms with Crippen molar-refractivity contribution in [2.24, 2.45) is 0 Å². The van der Waals surface area contributed by atoms with E-state index < -0.39 is 36.8 Å². The minimum Gasteiger partial charge on any atom is -0.394 e. The highest BCUT2D eigenvalue weighted by atomic mass is 32.1. The van der Waals surface area contributed by atoms with E-state index in [0.717, 1.165) is 0 Å². The Balaban J connectivity index is 2.10. The van der Waals surface area contributed by atoms with Gasteiger partial charge in [-0.05, 0) is 19.1 Å². The van der Waals surface area contributed by atoms with Gasteiger partial charge in [-0.2, -0.15) is 0 Å². The van der Waals surface area contributed by atoms with E-state index in [4.69, 9.17) is 22.1 Å². The molecule has 8 heteroatoms. The Kier molecular flexibility index (Phi) is 3.96. The molecule has 4 unspecified atom stereocenters. The van der Waals surface area contributed by atoms with Crippen LogP contribution in [0.1, 0.15) is 17.4 Å². The van der Waals surface area contributed by atoms with Gasteiger partial charge in [0.25, 0.3) is 0 Å². The minimum absolute atomic E-state index is 0.249. The van der Waals surface area contributed by atoms with Crippen molar-refractivity contribution in [2.75, 3.05) is 6.61 Å². The molecule has 0 radical (unpaired) electrons. The topological polar surface area (TPSA) is 98.6 Å². The van der Waals surface area contributed by atoms with Crippen molar-refractivity contribution >= 4 is 23.3 Å². The third-order valence-corrected chi connectivity index (χ3v) is 4.17. The number of halogens is 1. The maximum absolute atomic E-state index is 13.7. The first-order chi connectivity index (χ1) is 10.4. The van der Waals surface area contributed by atoms with E-state index >= 15 is 0 Å². The second-order valence-electron chi connectivity index (χ2n) is 5.31. The SMILES string of the molecule is Cc1nc2[nH]c(=S)c(C3OC(CO)C(O)C3O)cc2cc1F. The monoisotopic (exact) mass is 326 g/mol. The molecule has 4 atom stereocenters. The molecular weight excluding hydrogens is 311 g/mol. The molecule has 4 N–H and O–H groups in total. The highest BCUT2D eigenvalue weighted by Gasteiger charge is 2.43. The van der Waals surface area contributed by atoms with Crippen LogP contribution in [0, 0.1) is 17.4 Å². The number of nitrogens with one attached hydrogen (secondary N) is 1. The molecule has 1 saturated heterocycles. The largest absolute Gasteiger partial charge is 0.394 e. The second-order valence-corrected chi connectivity index (χ2v) is 5.71. The average molecular weight is 326 g/mol. The lowest BCUT2D eigenvalue weighted by Crippen LogP contribution is -2.32. The molecular formula is C14H15FN2O4S. The lowest BCUT2D eigenvalue weighted by atomic mass is 10.0. The number of aryl methyl sites for hydroxylation is 1. The maximum atomic E-state index is 13.7. The summed E-state index contributed by atoms with van der Waals surface area (Å²) in [5, 5.41) is 29.5. The summed E-state index contributed by atoms with van der Waals surface area (Å²) in [5.41, 5.74) is 1.09. The standard InChI is InChI=1S/C14H15FN2O4S/c1-5-8(15)3-6-2-7(14(22)17-13(6)16-5)12-11(20)10(19)9(4-18)21-12/h2-3,9-12,18-20H,4H2,1H3,(H,16,17,22). The fourth-order valence-corrected chi connectivity index (χ4v) is 2.86. The van der Waals surface area contributed by atoms with Gasteiger partial charge in [0.05, 0.1) is 12.3 Å². The van der Waals surface area contributed by atoms with Crippen LogP contribution in [-0.2, 0) is 4.74 Å². The molecule has 1 aliphatic rings. The molecule has 6 nitrogen and oxygen atoms in total. The Morgan fingerprint density at radius 1 is 1.36 bits per heavy atom. The van der Waals surface area contributed by atoms with Crippen molar-refractivity contribution in [3.05, 3.63) is 33.8 Å². The van der Waals surface area contributed by atoms with Crippen molar-refractivity contribution in [1.82, 2.24) is 9.97 Å². The Labute approximate surface area is 130 Å². The Hall–Kier alpha value is -1.45. The summed E-state index contributed by atoms with van der Waals surface area (Å²) >= 11 is 5.23. The van der Waals surface area contributed by atoms with E-state index in [9.17, 15) is 14.6 Å². The number of aliphatic hydroxyl groups is 3. The van der Waals surface area contributed by atoms with Gasteiger partial charge in [-0.15, -0.1) is 0 Å². The summed E-state index contributed by atoms with van der Waals surface area (Å²) in [6.45, 7) is 1.12. The Bertz CT molecular complexity index is 781. The van der Waals surface area contributed by atoms with Crippen LogP contribution < -0.4 is 0 Å². The van der Waals surface area contributed by atoms with Gasteiger partial charge in [0, 0.05) is 10.9 Å². The molecule has 0 spiro atoms. The molecule has 1 fully saturated rings. The molecule has 2 aromatic rings. The summed E-state index contributed by atoms with van der Waals surface area (Å²) in [5.74, 6) is -0.454. The number of hydrogen-bond donors (Lipinski definition) is 4. The number of nitrogens with zero attached hydrogens (tertiary/aromatic N) is 1. The van der Waals surface area contributed by atoms with Crippen LogP contribution in [0.15, 0.2) is 12.1 Å². The van der Waals surface area contributed by atoms with E-state index in [1.807, 2.05) is 0 Å². The molecule has 1 aliphatic heterocycles.